The van der Waals surface area contributed by atoms with E-state index in [1.807, 2.05) is 32.9 Å². The summed E-state index contributed by atoms with van der Waals surface area (Å²) in [6.45, 7) is 7.52. The van der Waals surface area contributed by atoms with Gasteiger partial charge in [-0.1, -0.05) is 13.0 Å². The predicted molar refractivity (Wildman–Crippen MR) is 89.7 cm³/mol. The molecule has 1 atom stereocenters. The van der Waals surface area contributed by atoms with Crippen molar-refractivity contribution in [1.29, 1.82) is 0 Å². The van der Waals surface area contributed by atoms with Crippen LogP contribution in [0.25, 0.3) is 0 Å². The van der Waals surface area contributed by atoms with Gasteiger partial charge in [-0.3, -0.25) is 4.79 Å². The van der Waals surface area contributed by atoms with E-state index in [4.69, 9.17) is 4.74 Å². The molecule has 1 aliphatic rings. The Kier molecular flexibility index (Phi) is 5.98. The Bertz CT molecular complexity index is 554. The van der Waals surface area contributed by atoms with Gasteiger partial charge in [0.25, 0.3) is 5.91 Å². The molecule has 0 aliphatic carbocycles. The zero-order chi connectivity index (χ0) is 16.8. The lowest BCUT2D eigenvalue weighted by Gasteiger charge is -2.33. The van der Waals surface area contributed by atoms with Gasteiger partial charge < -0.3 is 20.3 Å². The molecule has 6 nitrogen and oxygen atoms in total. The Balaban J connectivity index is 1.96. The maximum atomic E-state index is 12.1. The Morgan fingerprint density at radius 1 is 1.26 bits per heavy atom. The lowest BCUT2D eigenvalue weighted by molar-refractivity contribution is -0.129. The molecular formula is C17H25N3O3. The second-order valence-electron chi connectivity index (χ2n) is 5.92. The average Bonchev–Trinajstić information content (AvgIpc) is 2.51. The van der Waals surface area contributed by atoms with Gasteiger partial charge in [0.1, 0.15) is 6.61 Å². The first-order valence-corrected chi connectivity index (χ1v) is 8.01. The van der Waals surface area contributed by atoms with E-state index >= 15 is 0 Å². The van der Waals surface area contributed by atoms with Crippen molar-refractivity contribution in [3.63, 3.8) is 0 Å². The number of benzene rings is 1. The highest BCUT2D eigenvalue weighted by Gasteiger charge is 2.27. The van der Waals surface area contributed by atoms with Crippen molar-refractivity contribution in [2.75, 3.05) is 31.1 Å². The molecule has 0 radical (unpaired) electrons. The van der Waals surface area contributed by atoms with Gasteiger partial charge >= 0.3 is 6.03 Å². The summed E-state index contributed by atoms with van der Waals surface area (Å²) >= 11 is 0. The number of aryl methyl sites for hydroxylation is 2. The summed E-state index contributed by atoms with van der Waals surface area (Å²) in [6.07, 6.45) is 0.684. The molecule has 0 aromatic heterocycles. The number of nitrogens with one attached hydrogen (secondary N) is 2. The van der Waals surface area contributed by atoms with Crippen molar-refractivity contribution in [3.8, 4) is 0 Å². The minimum absolute atomic E-state index is 0.0376. The fourth-order valence-corrected chi connectivity index (χ4v) is 2.61. The molecule has 126 valence electrons. The maximum absolute atomic E-state index is 12.1. The Morgan fingerprint density at radius 3 is 2.61 bits per heavy atom. The fraction of sp³-hybridized carbons (Fsp3) is 0.529. The van der Waals surface area contributed by atoms with Crippen molar-refractivity contribution in [1.82, 2.24) is 10.6 Å². The average molecular weight is 319 g/mol. The minimum Gasteiger partial charge on any atom is -0.365 e. The van der Waals surface area contributed by atoms with Crippen LogP contribution in [0.4, 0.5) is 10.5 Å². The van der Waals surface area contributed by atoms with Crippen molar-refractivity contribution < 1.29 is 14.3 Å². The smallest absolute Gasteiger partial charge is 0.314 e. The SMILES string of the molecule is CCCNC(=O)NCC1CN(c2cc(C)cc(C)c2)C(=O)CO1. The molecule has 3 amide bonds. The molecule has 1 saturated heterocycles. The first kappa shape index (κ1) is 17.3. The molecule has 1 heterocycles. The van der Waals surface area contributed by atoms with E-state index in [-0.39, 0.29) is 24.6 Å². The van der Waals surface area contributed by atoms with Gasteiger partial charge in [0.2, 0.25) is 0 Å². The molecule has 0 saturated carbocycles. The van der Waals surface area contributed by atoms with E-state index in [2.05, 4.69) is 16.7 Å². The largest absolute Gasteiger partial charge is 0.365 e. The number of hydrogen-bond acceptors (Lipinski definition) is 3. The fourth-order valence-electron chi connectivity index (χ4n) is 2.61. The highest BCUT2D eigenvalue weighted by molar-refractivity contribution is 5.95. The number of hydrogen-bond donors (Lipinski definition) is 2. The molecule has 1 aromatic carbocycles. The number of urea groups is 1. The van der Waals surface area contributed by atoms with Crippen LogP contribution in [0.1, 0.15) is 24.5 Å². The van der Waals surface area contributed by atoms with Crippen molar-refractivity contribution in [2.45, 2.75) is 33.3 Å². The van der Waals surface area contributed by atoms with E-state index in [9.17, 15) is 9.59 Å². The molecule has 23 heavy (non-hydrogen) atoms. The summed E-state index contributed by atoms with van der Waals surface area (Å²) in [4.78, 5) is 25.5. The number of amides is 3. The number of anilines is 1. The molecule has 0 spiro atoms. The summed E-state index contributed by atoms with van der Waals surface area (Å²) in [6, 6.07) is 5.86. The van der Waals surface area contributed by atoms with Crippen molar-refractivity contribution in [3.05, 3.63) is 29.3 Å². The Labute approximate surface area is 137 Å². The summed E-state index contributed by atoms with van der Waals surface area (Å²) in [5.41, 5.74) is 3.12. The monoisotopic (exact) mass is 319 g/mol. The number of carbonyl (C=O) groups is 2. The third-order valence-electron chi connectivity index (χ3n) is 3.67. The zero-order valence-corrected chi connectivity index (χ0v) is 14.0. The zero-order valence-electron chi connectivity index (χ0n) is 14.0. The van der Waals surface area contributed by atoms with Gasteiger partial charge in [0.15, 0.2) is 0 Å². The van der Waals surface area contributed by atoms with Crippen LogP contribution in [-0.2, 0) is 9.53 Å². The Hall–Kier alpha value is -2.08. The van der Waals surface area contributed by atoms with E-state index < -0.39 is 0 Å². The van der Waals surface area contributed by atoms with Gasteiger partial charge in [0.05, 0.1) is 12.6 Å². The lowest BCUT2D eigenvalue weighted by Crippen LogP contribution is -2.51. The maximum Gasteiger partial charge on any atom is 0.314 e. The summed E-state index contributed by atoms with van der Waals surface area (Å²) in [5.74, 6) is -0.0540. The van der Waals surface area contributed by atoms with Gasteiger partial charge in [-0.15, -0.1) is 0 Å². The lowest BCUT2D eigenvalue weighted by atomic mass is 10.1. The molecular weight excluding hydrogens is 294 g/mol. The number of carbonyl (C=O) groups excluding carboxylic acids is 2. The van der Waals surface area contributed by atoms with Crippen LogP contribution in [0.5, 0.6) is 0 Å². The molecule has 0 bridgehead atoms. The van der Waals surface area contributed by atoms with Gasteiger partial charge in [-0.2, -0.15) is 0 Å². The molecule has 2 rings (SSSR count). The molecule has 2 N–H and O–H groups in total. The molecule has 1 unspecified atom stereocenters. The number of rotatable bonds is 5. The molecule has 1 fully saturated rings. The van der Waals surface area contributed by atoms with Crippen LogP contribution in [0, 0.1) is 13.8 Å². The van der Waals surface area contributed by atoms with Crippen LogP contribution >= 0.6 is 0 Å². The predicted octanol–water partition coefficient (Wildman–Crippen LogP) is 1.74. The Morgan fingerprint density at radius 2 is 1.96 bits per heavy atom. The van der Waals surface area contributed by atoms with Crippen LogP contribution in [0.2, 0.25) is 0 Å². The normalized spacial score (nSPS) is 18.0. The number of morpholine rings is 1. The first-order valence-electron chi connectivity index (χ1n) is 8.01. The summed E-state index contributed by atoms with van der Waals surface area (Å²) < 4.78 is 5.52. The van der Waals surface area contributed by atoms with Gasteiger partial charge in [-0.25, -0.2) is 4.79 Å². The van der Waals surface area contributed by atoms with E-state index in [1.165, 1.54) is 0 Å². The highest BCUT2D eigenvalue weighted by atomic mass is 16.5. The molecule has 6 heteroatoms. The molecule has 1 aromatic rings. The van der Waals surface area contributed by atoms with Crippen LogP contribution in [0.15, 0.2) is 18.2 Å². The second-order valence-corrected chi connectivity index (χ2v) is 5.92. The third-order valence-corrected chi connectivity index (χ3v) is 3.67. The van der Waals surface area contributed by atoms with Crippen molar-refractivity contribution >= 4 is 17.6 Å². The summed E-state index contributed by atoms with van der Waals surface area (Å²) in [5, 5.41) is 5.54. The number of ether oxygens (including phenoxy) is 1. The van der Waals surface area contributed by atoms with Gasteiger partial charge in [-0.05, 0) is 43.5 Å². The van der Waals surface area contributed by atoms with Crippen LogP contribution in [0.3, 0.4) is 0 Å². The van der Waals surface area contributed by atoms with Crippen molar-refractivity contribution in [2.24, 2.45) is 0 Å². The van der Waals surface area contributed by atoms with Crippen LogP contribution < -0.4 is 15.5 Å². The van der Waals surface area contributed by atoms with Gasteiger partial charge in [0, 0.05) is 18.8 Å². The van der Waals surface area contributed by atoms with E-state index in [1.54, 1.807) is 4.90 Å². The van der Waals surface area contributed by atoms with E-state index in [0.717, 1.165) is 23.2 Å². The first-order chi connectivity index (χ1) is 11.0. The quantitative estimate of drug-likeness (QED) is 0.868. The number of nitrogens with zero attached hydrogens (tertiary/aromatic N) is 1. The standard InChI is InChI=1S/C17H25N3O3/c1-4-5-18-17(22)19-9-15-10-20(16(21)11-23-15)14-7-12(2)6-13(3)8-14/h6-8,15H,4-5,9-11H2,1-3H3,(H2,18,19,22). The third kappa shape index (κ3) is 4.96. The minimum atomic E-state index is -0.208. The van der Waals surface area contributed by atoms with Crippen LogP contribution in [-0.4, -0.2) is 44.3 Å². The summed E-state index contributed by atoms with van der Waals surface area (Å²) in [7, 11) is 0. The topological polar surface area (TPSA) is 70.7 Å². The second kappa shape index (κ2) is 7.97. The molecule has 1 aliphatic heterocycles. The highest BCUT2D eigenvalue weighted by Crippen LogP contribution is 2.21. The van der Waals surface area contributed by atoms with E-state index in [0.29, 0.717) is 19.6 Å².